The summed E-state index contributed by atoms with van der Waals surface area (Å²) in [5.41, 5.74) is 6.91. The number of nitriles is 1. The molecule has 2 fully saturated rings. The first-order chi connectivity index (χ1) is 17.3. The molecular weight excluding hydrogens is 464 g/mol. The topological polar surface area (TPSA) is 94.6 Å². The van der Waals surface area contributed by atoms with E-state index in [1.807, 2.05) is 18.2 Å². The van der Waals surface area contributed by atoms with E-state index in [-0.39, 0.29) is 17.5 Å². The van der Waals surface area contributed by atoms with Gasteiger partial charge in [-0.25, -0.2) is 8.78 Å². The highest BCUT2D eigenvalue weighted by molar-refractivity contribution is 5.86. The van der Waals surface area contributed by atoms with Gasteiger partial charge < -0.3 is 20.7 Å². The first kappa shape index (κ1) is 26.2. The third-order valence-electron chi connectivity index (χ3n) is 7.15. The molecule has 0 radical (unpaired) electrons. The van der Waals surface area contributed by atoms with Gasteiger partial charge in [0.15, 0.2) is 11.6 Å². The first-order valence-corrected chi connectivity index (χ1v) is 12.3. The van der Waals surface area contributed by atoms with Gasteiger partial charge in [0.2, 0.25) is 5.91 Å². The van der Waals surface area contributed by atoms with Crippen molar-refractivity contribution >= 4 is 5.91 Å². The average molecular weight is 498 g/mol. The molecule has 2 heterocycles. The lowest BCUT2D eigenvalue weighted by molar-refractivity contribution is -0.130. The number of benzene rings is 2. The molecule has 1 atom stereocenters. The van der Waals surface area contributed by atoms with Crippen molar-refractivity contribution in [3.05, 3.63) is 59.2 Å². The Morgan fingerprint density at radius 1 is 1.11 bits per heavy atom. The van der Waals surface area contributed by atoms with Gasteiger partial charge in [0.25, 0.3) is 0 Å². The van der Waals surface area contributed by atoms with Crippen molar-refractivity contribution in [3.8, 4) is 17.2 Å². The molecule has 7 nitrogen and oxygen atoms in total. The third kappa shape index (κ3) is 6.08. The number of nitrogens with one attached hydrogen (secondary N) is 1. The first-order valence-electron chi connectivity index (χ1n) is 12.3. The Labute approximate surface area is 210 Å². The molecule has 4 rings (SSSR count). The molecule has 36 heavy (non-hydrogen) atoms. The molecule has 9 heteroatoms. The average Bonchev–Trinajstić information content (AvgIpc) is 2.88. The molecule has 1 amide bonds. The minimum Gasteiger partial charge on any atom is -0.381 e. The fourth-order valence-corrected chi connectivity index (χ4v) is 4.64. The molecule has 2 aromatic carbocycles. The SMILES string of the molecule is CN1CCN(Cc2ccc(-c3ccc(C[C@@H](C#N)NC(=O)C4(N)CCOCC4)c(F)c3F)cc2)CC1. The largest absolute Gasteiger partial charge is 0.381 e. The van der Waals surface area contributed by atoms with E-state index in [4.69, 9.17) is 10.5 Å². The van der Waals surface area contributed by atoms with Crippen LogP contribution in [0, 0.1) is 23.0 Å². The predicted octanol–water partition coefficient (Wildman–Crippen LogP) is 2.44. The Hall–Kier alpha value is -2.90. The van der Waals surface area contributed by atoms with E-state index < -0.39 is 29.1 Å². The molecule has 2 aliphatic rings. The molecule has 2 aliphatic heterocycles. The molecule has 0 bridgehead atoms. The summed E-state index contributed by atoms with van der Waals surface area (Å²) in [5.74, 6) is -2.47. The quantitative estimate of drug-likeness (QED) is 0.610. The van der Waals surface area contributed by atoms with Crippen LogP contribution in [-0.2, 0) is 22.5 Å². The molecule has 192 valence electrons. The van der Waals surface area contributed by atoms with E-state index in [1.165, 1.54) is 12.1 Å². The van der Waals surface area contributed by atoms with Gasteiger partial charge >= 0.3 is 0 Å². The van der Waals surface area contributed by atoms with Crippen LogP contribution in [0.5, 0.6) is 0 Å². The van der Waals surface area contributed by atoms with E-state index in [0.29, 0.717) is 31.6 Å². The third-order valence-corrected chi connectivity index (χ3v) is 7.15. The van der Waals surface area contributed by atoms with Gasteiger partial charge in [0.05, 0.1) is 11.6 Å². The lowest BCUT2D eigenvalue weighted by Gasteiger charge is -2.32. The number of hydrogen-bond acceptors (Lipinski definition) is 6. The van der Waals surface area contributed by atoms with Crippen molar-refractivity contribution in [3.63, 3.8) is 0 Å². The number of carbonyl (C=O) groups excluding carboxylic acids is 1. The number of likely N-dealkylation sites (N-methyl/N-ethyl adjacent to an activating group) is 1. The maximum atomic E-state index is 15.0. The number of rotatable bonds is 7. The van der Waals surface area contributed by atoms with Crippen LogP contribution in [0.4, 0.5) is 8.78 Å². The number of halogens is 2. The summed E-state index contributed by atoms with van der Waals surface area (Å²) in [6.07, 6.45) is 0.507. The summed E-state index contributed by atoms with van der Waals surface area (Å²) in [6, 6.07) is 11.4. The number of piperazine rings is 1. The van der Waals surface area contributed by atoms with Gasteiger partial charge in [-0.1, -0.05) is 36.4 Å². The van der Waals surface area contributed by atoms with Gasteiger partial charge in [0, 0.05) is 57.9 Å². The number of ether oxygens (including phenoxy) is 1. The lowest BCUT2D eigenvalue weighted by atomic mass is 9.90. The van der Waals surface area contributed by atoms with Gasteiger partial charge in [0.1, 0.15) is 6.04 Å². The van der Waals surface area contributed by atoms with Crippen LogP contribution in [0.1, 0.15) is 24.0 Å². The van der Waals surface area contributed by atoms with Crippen LogP contribution in [-0.4, -0.2) is 73.7 Å². The zero-order chi connectivity index (χ0) is 25.7. The van der Waals surface area contributed by atoms with Crippen LogP contribution in [0.3, 0.4) is 0 Å². The Kier molecular flexibility index (Phi) is 8.32. The number of nitrogens with two attached hydrogens (primary N) is 1. The number of nitrogens with zero attached hydrogens (tertiary/aromatic N) is 3. The highest BCUT2D eigenvalue weighted by Crippen LogP contribution is 2.28. The van der Waals surface area contributed by atoms with Crippen LogP contribution < -0.4 is 11.1 Å². The maximum absolute atomic E-state index is 15.0. The van der Waals surface area contributed by atoms with E-state index >= 15 is 4.39 Å². The molecule has 2 saturated heterocycles. The minimum atomic E-state index is -1.13. The second-order valence-electron chi connectivity index (χ2n) is 9.80. The second kappa shape index (κ2) is 11.4. The number of amides is 1. The van der Waals surface area contributed by atoms with E-state index in [9.17, 15) is 14.4 Å². The lowest BCUT2D eigenvalue weighted by Crippen LogP contribution is -2.58. The molecule has 0 spiro atoms. The maximum Gasteiger partial charge on any atom is 0.241 e. The Balaban J connectivity index is 1.42. The van der Waals surface area contributed by atoms with Crippen molar-refractivity contribution in [1.82, 2.24) is 15.1 Å². The Morgan fingerprint density at radius 3 is 2.42 bits per heavy atom. The molecule has 0 aromatic heterocycles. The molecule has 0 unspecified atom stereocenters. The normalized spacial score (nSPS) is 19.4. The molecule has 2 aromatic rings. The molecule has 0 saturated carbocycles. The van der Waals surface area contributed by atoms with Crippen molar-refractivity contribution in [2.75, 3.05) is 46.4 Å². The summed E-state index contributed by atoms with van der Waals surface area (Å²) in [4.78, 5) is 17.3. The molecular formula is C27H33F2N5O2. The van der Waals surface area contributed by atoms with Crippen LogP contribution in [0.25, 0.3) is 11.1 Å². The van der Waals surface area contributed by atoms with E-state index in [2.05, 4.69) is 22.2 Å². The van der Waals surface area contributed by atoms with Crippen molar-refractivity contribution < 1.29 is 18.3 Å². The zero-order valence-electron chi connectivity index (χ0n) is 20.6. The van der Waals surface area contributed by atoms with Crippen LogP contribution in [0.15, 0.2) is 36.4 Å². The highest BCUT2D eigenvalue weighted by Gasteiger charge is 2.37. The van der Waals surface area contributed by atoms with Crippen molar-refractivity contribution in [2.24, 2.45) is 5.73 Å². The Morgan fingerprint density at radius 2 is 1.78 bits per heavy atom. The minimum absolute atomic E-state index is 0.0211. The molecule has 0 aliphatic carbocycles. The van der Waals surface area contributed by atoms with Gasteiger partial charge in [-0.3, -0.25) is 9.69 Å². The van der Waals surface area contributed by atoms with E-state index in [0.717, 1.165) is 38.3 Å². The summed E-state index contributed by atoms with van der Waals surface area (Å²) in [5, 5.41) is 12.1. The summed E-state index contributed by atoms with van der Waals surface area (Å²) in [7, 11) is 2.12. The van der Waals surface area contributed by atoms with Gasteiger partial charge in [-0.2, -0.15) is 5.26 Å². The Bertz CT molecular complexity index is 1100. The number of hydrogen-bond donors (Lipinski definition) is 2. The van der Waals surface area contributed by atoms with Gasteiger partial charge in [-0.15, -0.1) is 0 Å². The molecule has 3 N–H and O–H groups in total. The second-order valence-corrected chi connectivity index (χ2v) is 9.80. The summed E-state index contributed by atoms with van der Waals surface area (Å²) >= 11 is 0. The number of carbonyl (C=O) groups is 1. The van der Waals surface area contributed by atoms with Gasteiger partial charge in [-0.05, 0) is 36.6 Å². The highest BCUT2D eigenvalue weighted by atomic mass is 19.2. The standard InChI is InChI=1S/C27H33F2N5O2/c1-33-10-12-34(13-11-33)18-19-2-4-20(5-3-19)23-7-6-21(24(28)25(23)29)16-22(17-30)32-26(35)27(31)8-14-36-15-9-27/h2-7,22H,8-16,18,31H2,1H3,(H,32,35)/t22-/m0/s1. The van der Waals surface area contributed by atoms with Crippen molar-refractivity contribution in [1.29, 1.82) is 5.26 Å². The fraction of sp³-hybridized carbons (Fsp3) is 0.481. The predicted molar refractivity (Wildman–Crippen MR) is 133 cm³/mol. The smallest absolute Gasteiger partial charge is 0.241 e. The fourth-order valence-electron chi connectivity index (χ4n) is 4.64. The summed E-state index contributed by atoms with van der Waals surface area (Å²) < 4.78 is 35.3. The van der Waals surface area contributed by atoms with Crippen LogP contribution in [0.2, 0.25) is 0 Å². The van der Waals surface area contributed by atoms with Crippen molar-refractivity contribution in [2.45, 2.75) is 37.4 Å². The van der Waals surface area contributed by atoms with E-state index in [1.54, 1.807) is 12.1 Å². The zero-order valence-corrected chi connectivity index (χ0v) is 20.6. The van der Waals surface area contributed by atoms with Crippen LogP contribution >= 0.6 is 0 Å². The monoisotopic (exact) mass is 497 g/mol. The summed E-state index contributed by atoms with van der Waals surface area (Å²) in [6.45, 7) is 5.62.